The first-order valence-electron chi connectivity index (χ1n) is 8.18. The summed E-state index contributed by atoms with van der Waals surface area (Å²) in [6, 6.07) is 11.2. The van der Waals surface area contributed by atoms with E-state index in [1.807, 2.05) is 0 Å². The highest BCUT2D eigenvalue weighted by Gasteiger charge is 2.23. The molecule has 9 heteroatoms. The summed E-state index contributed by atoms with van der Waals surface area (Å²) in [5.41, 5.74) is 4.52. The van der Waals surface area contributed by atoms with Gasteiger partial charge in [-0.1, -0.05) is 30.3 Å². The number of rotatable bonds is 4. The van der Waals surface area contributed by atoms with Crippen molar-refractivity contribution in [2.24, 2.45) is 0 Å². The Morgan fingerprint density at radius 2 is 1.71 bits per heavy atom. The first kappa shape index (κ1) is 19.0. The number of aromatic nitrogens is 2. The van der Waals surface area contributed by atoms with Crippen molar-refractivity contribution in [1.82, 2.24) is 9.55 Å². The van der Waals surface area contributed by atoms with E-state index in [0.29, 0.717) is 6.07 Å². The second-order valence-corrected chi connectivity index (χ2v) is 6.09. The first-order chi connectivity index (χ1) is 13.3. The van der Waals surface area contributed by atoms with E-state index < -0.39 is 28.8 Å². The highest BCUT2D eigenvalue weighted by Crippen LogP contribution is 2.19. The van der Waals surface area contributed by atoms with Crippen molar-refractivity contribution in [2.75, 3.05) is 17.7 Å². The third-order valence-electron chi connectivity index (χ3n) is 4.15. The molecule has 0 aliphatic carbocycles. The molecule has 3 N–H and O–H groups in total. The van der Waals surface area contributed by atoms with Crippen LogP contribution in [0.5, 0.6) is 0 Å². The van der Waals surface area contributed by atoms with Gasteiger partial charge in [-0.2, -0.15) is 0 Å². The molecule has 144 valence electrons. The molecular formula is C19H16F2N4O3. The number of carbonyl (C=O) groups is 1. The van der Waals surface area contributed by atoms with E-state index in [4.69, 9.17) is 5.73 Å². The van der Waals surface area contributed by atoms with E-state index in [2.05, 4.69) is 4.98 Å². The van der Waals surface area contributed by atoms with E-state index in [9.17, 15) is 23.2 Å². The number of hydrogen-bond donors (Lipinski definition) is 2. The molecule has 0 aliphatic rings. The monoisotopic (exact) mass is 386 g/mol. The summed E-state index contributed by atoms with van der Waals surface area (Å²) < 4.78 is 27.9. The lowest BCUT2D eigenvalue weighted by Gasteiger charge is -2.20. The van der Waals surface area contributed by atoms with Gasteiger partial charge in [-0.15, -0.1) is 0 Å². The molecule has 0 fully saturated rings. The van der Waals surface area contributed by atoms with Gasteiger partial charge in [-0.3, -0.25) is 19.1 Å². The number of nitrogens with zero attached hydrogens (tertiary/aromatic N) is 2. The van der Waals surface area contributed by atoms with Crippen molar-refractivity contribution < 1.29 is 13.6 Å². The Bertz CT molecular complexity index is 1140. The highest BCUT2D eigenvalue weighted by atomic mass is 19.1. The number of carbonyl (C=O) groups excluding carboxylic acids is 1. The molecule has 0 bridgehead atoms. The minimum absolute atomic E-state index is 0.0614. The average Bonchev–Trinajstić information content (AvgIpc) is 2.64. The number of hydrogen-bond acceptors (Lipinski definition) is 4. The number of halogens is 2. The minimum Gasteiger partial charge on any atom is -0.383 e. The van der Waals surface area contributed by atoms with Gasteiger partial charge in [0.1, 0.15) is 17.5 Å². The van der Waals surface area contributed by atoms with Gasteiger partial charge < -0.3 is 10.6 Å². The molecule has 0 unspecified atom stereocenters. The minimum atomic E-state index is -0.937. The zero-order valence-electron chi connectivity index (χ0n) is 14.8. The molecule has 0 spiro atoms. The van der Waals surface area contributed by atoms with E-state index in [0.717, 1.165) is 27.2 Å². The van der Waals surface area contributed by atoms with Gasteiger partial charge in [-0.05, 0) is 17.7 Å². The van der Waals surface area contributed by atoms with Crippen LogP contribution in [0, 0.1) is 11.6 Å². The van der Waals surface area contributed by atoms with E-state index in [-0.39, 0.29) is 23.6 Å². The molecule has 0 atom stereocenters. The summed E-state index contributed by atoms with van der Waals surface area (Å²) in [5, 5.41) is 0. The van der Waals surface area contributed by atoms with Crippen molar-refractivity contribution in [3.05, 3.63) is 92.1 Å². The van der Waals surface area contributed by atoms with Gasteiger partial charge in [0.05, 0.1) is 6.54 Å². The lowest BCUT2D eigenvalue weighted by Crippen LogP contribution is -2.39. The number of nitrogens with two attached hydrogens (primary N) is 1. The van der Waals surface area contributed by atoms with Crippen molar-refractivity contribution in [2.45, 2.75) is 6.54 Å². The summed E-state index contributed by atoms with van der Waals surface area (Å²) in [6.45, 7) is 0.0614. The van der Waals surface area contributed by atoms with Crippen LogP contribution in [0.4, 0.5) is 20.3 Å². The van der Waals surface area contributed by atoms with Crippen molar-refractivity contribution >= 4 is 17.4 Å². The number of anilines is 2. The van der Waals surface area contributed by atoms with Crippen LogP contribution in [-0.2, 0) is 6.54 Å². The molecule has 3 rings (SSSR count). The smallest absolute Gasteiger partial charge is 0.330 e. The van der Waals surface area contributed by atoms with Crippen LogP contribution in [0.15, 0.2) is 58.1 Å². The van der Waals surface area contributed by atoms with Crippen LogP contribution in [-0.4, -0.2) is 22.5 Å². The molecule has 2 aromatic carbocycles. The fraction of sp³-hybridized carbons (Fsp3) is 0.105. The Kier molecular flexibility index (Phi) is 5.08. The van der Waals surface area contributed by atoms with Crippen LogP contribution in [0.1, 0.15) is 15.9 Å². The maximum absolute atomic E-state index is 13.4. The van der Waals surface area contributed by atoms with Crippen molar-refractivity contribution in [1.29, 1.82) is 0 Å². The van der Waals surface area contributed by atoms with Gasteiger partial charge in [0.2, 0.25) is 0 Å². The van der Waals surface area contributed by atoms with Crippen LogP contribution >= 0.6 is 0 Å². The summed E-state index contributed by atoms with van der Waals surface area (Å²) >= 11 is 0. The maximum Gasteiger partial charge on any atom is 0.330 e. The van der Waals surface area contributed by atoms with Gasteiger partial charge in [0.25, 0.3) is 11.5 Å². The quantitative estimate of drug-likeness (QED) is 0.713. The molecule has 0 saturated carbocycles. The number of amides is 1. The van der Waals surface area contributed by atoms with Crippen LogP contribution in [0.2, 0.25) is 0 Å². The summed E-state index contributed by atoms with van der Waals surface area (Å²) in [6.07, 6.45) is 0. The number of nitrogen functional groups attached to an aromatic ring is 1. The van der Waals surface area contributed by atoms with Crippen molar-refractivity contribution in [3.8, 4) is 0 Å². The molecule has 1 heterocycles. The molecule has 1 aromatic heterocycles. The first-order valence-corrected chi connectivity index (χ1v) is 8.18. The Labute approximate surface area is 157 Å². The fourth-order valence-electron chi connectivity index (χ4n) is 2.80. The van der Waals surface area contributed by atoms with E-state index in [1.165, 1.54) is 7.05 Å². The number of benzene rings is 2. The predicted octanol–water partition coefficient (Wildman–Crippen LogP) is 1.72. The predicted molar refractivity (Wildman–Crippen MR) is 100 cm³/mol. The summed E-state index contributed by atoms with van der Waals surface area (Å²) in [7, 11) is 1.23. The molecule has 0 aliphatic heterocycles. The third kappa shape index (κ3) is 3.68. The van der Waals surface area contributed by atoms with Crippen molar-refractivity contribution in [3.63, 3.8) is 0 Å². The number of aromatic amines is 1. The summed E-state index contributed by atoms with van der Waals surface area (Å²) in [4.78, 5) is 40.0. The van der Waals surface area contributed by atoms with E-state index in [1.54, 1.807) is 30.3 Å². The number of H-pyrrole nitrogens is 1. The molecule has 3 aromatic rings. The van der Waals surface area contributed by atoms with Gasteiger partial charge in [-0.25, -0.2) is 13.6 Å². The Morgan fingerprint density at radius 1 is 1.11 bits per heavy atom. The van der Waals surface area contributed by atoms with Crippen LogP contribution in [0.25, 0.3) is 0 Å². The van der Waals surface area contributed by atoms with Gasteiger partial charge >= 0.3 is 5.69 Å². The molecule has 7 nitrogen and oxygen atoms in total. The third-order valence-corrected chi connectivity index (χ3v) is 4.15. The largest absolute Gasteiger partial charge is 0.383 e. The number of nitrogens with one attached hydrogen (secondary N) is 1. The molecule has 0 radical (unpaired) electrons. The maximum atomic E-state index is 13.4. The topological polar surface area (TPSA) is 101 Å². The Hall–Kier alpha value is -3.75. The van der Waals surface area contributed by atoms with Gasteiger partial charge in [0, 0.05) is 18.7 Å². The van der Waals surface area contributed by atoms with Crippen LogP contribution < -0.4 is 21.9 Å². The molecule has 28 heavy (non-hydrogen) atoms. The molecular weight excluding hydrogens is 370 g/mol. The lowest BCUT2D eigenvalue weighted by atomic mass is 10.2. The zero-order chi connectivity index (χ0) is 20.4. The SMILES string of the molecule is CN(C(=O)c1cc(F)cc(F)c1)c1c(N)n(Cc2ccccc2)c(=O)[nH]c1=O. The Balaban J connectivity index is 2.06. The normalized spacial score (nSPS) is 10.7. The second kappa shape index (κ2) is 7.47. The lowest BCUT2D eigenvalue weighted by molar-refractivity contribution is 0.0991. The molecule has 1 amide bonds. The average molecular weight is 386 g/mol. The Morgan fingerprint density at radius 3 is 2.32 bits per heavy atom. The highest BCUT2D eigenvalue weighted by molar-refractivity contribution is 6.06. The fourth-order valence-corrected chi connectivity index (χ4v) is 2.80. The summed E-state index contributed by atoms with van der Waals surface area (Å²) in [5.74, 6) is -2.98. The van der Waals surface area contributed by atoms with Gasteiger partial charge in [0.15, 0.2) is 5.69 Å². The zero-order valence-corrected chi connectivity index (χ0v) is 14.8. The standard InChI is InChI=1S/C19H16F2N4O3/c1-24(18(27)12-7-13(20)9-14(21)8-12)15-16(22)25(19(28)23-17(15)26)10-11-5-3-2-4-6-11/h2-9H,10,22H2,1H3,(H,23,26,28). The molecule has 0 saturated heterocycles. The van der Waals surface area contributed by atoms with Crippen LogP contribution in [0.3, 0.4) is 0 Å². The van der Waals surface area contributed by atoms with E-state index >= 15 is 0 Å². The second-order valence-electron chi connectivity index (χ2n) is 6.09.